The highest BCUT2D eigenvalue weighted by molar-refractivity contribution is 7.80. The molecule has 0 spiro atoms. The molecule has 0 fully saturated rings. The molecule has 190 valence electrons. The molecular weight excluding hydrogens is 452 g/mol. The second-order valence-corrected chi connectivity index (χ2v) is 8.59. The summed E-state index contributed by atoms with van der Waals surface area (Å²) >= 11 is 3.97. The quantitative estimate of drug-likeness (QED) is 0.0858. The molecule has 0 heterocycles. The molecule has 4 unspecified atom stereocenters. The van der Waals surface area contributed by atoms with Gasteiger partial charge in [0.2, 0.25) is 23.6 Å². The van der Waals surface area contributed by atoms with Crippen LogP contribution in [0.1, 0.15) is 52.4 Å². The van der Waals surface area contributed by atoms with E-state index in [1.807, 2.05) is 13.8 Å². The van der Waals surface area contributed by atoms with Crippen LogP contribution in [0, 0.1) is 5.92 Å². The van der Waals surface area contributed by atoms with Crippen molar-refractivity contribution in [2.75, 3.05) is 12.3 Å². The van der Waals surface area contributed by atoms with Gasteiger partial charge in [0.15, 0.2) is 0 Å². The third-order valence-electron chi connectivity index (χ3n) is 4.75. The summed E-state index contributed by atoms with van der Waals surface area (Å²) in [5.74, 6) is -3.83. The van der Waals surface area contributed by atoms with Gasteiger partial charge in [0.05, 0.1) is 6.04 Å². The topological polar surface area (TPSA) is 220 Å². The van der Waals surface area contributed by atoms with E-state index in [4.69, 9.17) is 17.2 Å². The fraction of sp³-hybridized carbons (Fsp3) is 0.750. The smallest absolute Gasteiger partial charge is 0.326 e. The number of carboxylic acids is 1. The van der Waals surface area contributed by atoms with E-state index in [-0.39, 0.29) is 37.4 Å². The number of aliphatic carboxylic acids is 1. The van der Waals surface area contributed by atoms with Crippen LogP contribution in [-0.4, -0.2) is 71.2 Å². The first-order valence-electron chi connectivity index (χ1n) is 10.9. The van der Waals surface area contributed by atoms with Crippen LogP contribution in [0.25, 0.3) is 0 Å². The highest BCUT2D eigenvalue weighted by Crippen LogP contribution is 2.08. The number of nitrogens with two attached hydrogens (primary N) is 3. The lowest BCUT2D eigenvalue weighted by atomic mass is 10.0. The minimum Gasteiger partial charge on any atom is -0.480 e. The van der Waals surface area contributed by atoms with Crippen LogP contribution in [0.4, 0.5) is 0 Å². The number of nitrogens with one attached hydrogen (secondary N) is 3. The fourth-order valence-corrected chi connectivity index (χ4v) is 3.08. The summed E-state index contributed by atoms with van der Waals surface area (Å²) in [4.78, 5) is 60.6. The lowest BCUT2D eigenvalue weighted by Gasteiger charge is -2.25. The molecule has 0 saturated heterocycles. The number of primary amides is 1. The summed E-state index contributed by atoms with van der Waals surface area (Å²) in [5.41, 5.74) is 16.3. The molecule has 0 aromatic heterocycles. The fourth-order valence-electron chi connectivity index (χ4n) is 2.91. The summed E-state index contributed by atoms with van der Waals surface area (Å²) in [6.45, 7) is 4.08. The maximum Gasteiger partial charge on any atom is 0.326 e. The normalized spacial score (nSPS) is 14.6. The number of rotatable bonds is 17. The highest BCUT2D eigenvalue weighted by Gasteiger charge is 2.30. The summed E-state index contributed by atoms with van der Waals surface area (Å²) in [6.07, 6.45) is 1.14. The van der Waals surface area contributed by atoms with Gasteiger partial charge in [-0.25, -0.2) is 4.79 Å². The Kier molecular flexibility index (Phi) is 15.1. The van der Waals surface area contributed by atoms with E-state index in [1.165, 1.54) is 0 Å². The number of carbonyl (C=O) groups excluding carboxylic acids is 4. The monoisotopic (exact) mass is 490 g/mol. The van der Waals surface area contributed by atoms with E-state index >= 15 is 0 Å². The molecule has 0 bridgehead atoms. The van der Waals surface area contributed by atoms with Crippen LogP contribution in [0.2, 0.25) is 0 Å². The summed E-state index contributed by atoms with van der Waals surface area (Å²) in [6, 6.07) is -4.33. The van der Waals surface area contributed by atoms with Crippen molar-refractivity contribution in [3.8, 4) is 0 Å². The molecule has 13 heteroatoms. The molecule has 0 saturated carbocycles. The van der Waals surface area contributed by atoms with Crippen molar-refractivity contribution in [1.29, 1.82) is 0 Å². The number of amides is 4. The van der Waals surface area contributed by atoms with Crippen molar-refractivity contribution in [3.05, 3.63) is 0 Å². The van der Waals surface area contributed by atoms with E-state index in [9.17, 15) is 29.1 Å². The van der Waals surface area contributed by atoms with E-state index in [2.05, 4.69) is 28.6 Å². The van der Waals surface area contributed by atoms with Gasteiger partial charge >= 0.3 is 5.97 Å². The van der Waals surface area contributed by atoms with Gasteiger partial charge in [0.25, 0.3) is 0 Å². The SMILES string of the molecule is CC(C)CC(NC(=O)C(N)CS)C(=O)NC(CCC(N)=O)C(=O)NC(CCCCN)C(=O)O. The van der Waals surface area contributed by atoms with Gasteiger partial charge in [-0.05, 0) is 44.6 Å². The van der Waals surface area contributed by atoms with E-state index in [0.717, 1.165) is 0 Å². The lowest BCUT2D eigenvalue weighted by molar-refractivity contribution is -0.142. The predicted molar refractivity (Wildman–Crippen MR) is 126 cm³/mol. The molecule has 0 rings (SSSR count). The molecule has 4 amide bonds. The van der Waals surface area contributed by atoms with Crippen LogP contribution < -0.4 is 33.2 Å². The largest absolute Gasteiger partial charge is 0.480 e. The second kappa shape index (κ2) is 16.3. The van der Waals surface area contributed by atoms with E-state index in [1.54, 1.807) is 0 Å². The number of carbonyl (C=O) groups is 5. The van der Waals surface area contributed by atoms with Gasteiger partial charge in [-0.15, -0.1) is 0 Å². The van der Waals surface area contributed by atoms with E-state index < -0.39 is 53.8 Å². The molecule has 0 aliphatic heterocycles. The van der Waals surface area contributed by atoms with Crippen molar-refractivity contribution < 1.29 is 29.1 Å². The highest BCUT2D eigenvalue weighted by atomic mass is 32.1. The Balaban J connectivity index is 5.48. The Hall–Kier alpha value is -2.38. The van der Waals surface area contributed by atoms with Crippen LogP contribution in [0.3, 0.4) is 0 Å². The zero-order valence-electron chi connectivity index (χ0n) is 19.2. The zero-order chi connectivity index (χ0) is 25.6. The summed E-state index contributed by atoms with van der Waals surface area (Å²) in [7, 11) is 0. The Morgan fingerprint density at radius 1 is 0.879 bits per heavy atom. The number of hydrogen-bond donors (Lipinski definition) is 8. The Bertz CT molecular complexity index is 677. The van der Waals surface area contributed by atoms with Crippen molar-refractivity contribution in [2.24, 2.45) is 23.1 Å². The lowest BCUT2D eigenvalue weighted by Crippen LogP contribution is -2.57. The van der Waals surface area contributed by atoms with Crippen LogP contribution in [-0.2, 0) is 24.0 Å². The molecule has 0 aromatic rings. The third-order valence-corrected chi connectivity index (χ3v) is 5.14. The Labute approximate surface area is 199 Å². The van der Waals surface area contributed by atoms with Gasteiger partial charge in [-0.3, -0.25) is 19.2 Å². The zero-order valence-corrected chi connectivity index (χ0v) is 20.1. The van der Waals surface area contributed by atoms with Crippen molar-refractivity contribution in [1.82, 2.24) is 16.0 Å². The average molecular weight is 491 g/mol. The minimum atomic E-state index is -1.23. The maximum absolute atomic E-state index is 12.9. The van der Waals surface area contributed by atoms with Gasteiger partial charge in [-0.2, -0.15) is 12.6 Å². The Morgan fingerprint density at radius 2 is 1.42 bits per heavy atom. The van der Waals surface area contributed by atoms with Crippen LogP contribution >= 0.6 is 12.6 Å². The molecule has 0 radical (unpaired) electrons. The molecule has 33 heavy (non-hydrogen) atoms. The van der Waals surface area contributed by atoms with Crippen LogP contribution in [0.15, 0.2) is 0 Å². The molecule has 0 aliphatic carbocycles. The molecular formula is C20H38N6O6S. The number of hydrogen-bond acceptors (Lipinski definition) is 8. The summed E-state index contributed by atoms with van der Waals surface area (Å²) < 4.78 is 0. The van der Waals surface area contributed by atoms with Crippen LogP contribution in [0.5, 0.6) is 0 Å². The third kappa shape index (κ3) is 13.0. The maximum atomic E-state index is 12.9. The van der Waals surface area contributed by atoms with Crippen molar-refractivity contribution in [3.63, 3.8) is 0 Å². The van der Waals surface area contributed by atoms with Gasteiger partial charge < -0.3 is 38.3 Å². The predicted octanol–water partition coefficient (Wildman–Crippen LogP) is -1.78. The first-order chi connectivity index (χ1) is 15.4. The van der Waals surface area contributed by atoms with Crippen molar-refractivity contribution >= 4 is 42.2 Å². The number of carboxylic acid groups (broad SMARTS) is 1. The van der Waals surface area contributed by atoms with Gasteiger partial charge in [-0.1, -0.05) is 13.8 Å². The Morgan fingerprint density at radius 3 is 1.91 bits per heavy atom. The van der Waals surface area contributed by atoms with E-state index in [0.29, 0.717) is 19.4 Å². The molecule has 10 N–H and O–H groups in total. The van der Waals surface area contributed by atoms with Crippen molar-refractivity contribution in [2.45, 2.75) is 76.5 Å². The average Bonchev–Trinajstić information content (AvgIpc) is 2.73. The molecule has 0 aliphatic rings. The minimum absolute atomic E-state index is 0.0186. The van der Waals surface area contributed by atoms with Gasteiger partial charge in [0.1, 0.15) is 18.1 Å². The van der Waals surface area contributed by atoms with Gasteiger partial charge in [0, 0.05) is 12.2 Å². The second-order valence-electron chi connectivity index (χ2n) is 8.23. The number of unbranched alkanes of at least 4 members (excludes halogenated alkanes) is 1. The first-order valence-corrected chi connectivity index (χ1v) is 11.5. The summed E-state index contributed by atoms with van der Waals surface area (Å²) in [5, 5.41) is 16.8. The first kappa shape index (κ1) is 30.6. The molecule has 4 atom stereocenters. The molecule has 12 nitrogen and oxygen atoms in total. The standard InChI is InChI=1S/C20H38N6O6S/c1-11(2)9-15(26-17(28)12(22)10-33)19(30)24-13(6-7-16(23)27)18(29)25-14(20(31)32)5-3-4-8-21/h11-15,33H,3-10,21-22H2,1-2H3,(H2,23,27)(H,24,30)(H,25,29)(H,26,28)(H,31,32). The number of thiol groups is 1. The molecule has 0 aromatic carbocycles.